The number of hydrogen-bond acceptors (Lipinski definition) is 3. The second kappa shape index (κ2) is 5.69. The van der Waals surface area contributed by atoms with Gasteiger partial charge in [0.2, 0.25) is 5.56 Å². The number of amides is 1. The smallest absolute Gasteiger partial charge is 0.303 e. The third-order valence-corrected chi connectivity index (χ3v) is 3.36. The lowest BCUT2D eigenvalue weighted by Crippen LogP contribution is -2.29. The number of aliphatic carboxylic acids is 1. The van der Waals surface area contributed by atoms with Crippen LogP contribution in [-0.2, 0) is 4.79 Å². The molecule has 2 rings (SSSR count). The molecular weight excluding hydrogens is 248 g/mol. The Labute approximate surface area is 110 Å². The van der Waals surface area contributed by atoms with Crippen LogP contribution in [0.2, 0.25) is 0 Å². The van der Waals surface area contributed by atoms with E-state index in [1.807, 2.05) is 0 Å². The Bertz CT molecular complexity index is 537. The Balaban J connectivity index is 1.95. The monoisotopic (exact) mass is 264 g/mol. The van der Waals surface area contributed by atoms with E-state index in [9.17, 15) is 14.4 Å². The molecule has 2 N–H and O–H groups in total. The van der Waals surface area contributed by atoms with E-state index >= 15 is 0 Å². The van der Waals surface area contributed by atoms with Crippen molar-refractivity contribution in [1.29, 1.82) is 0 Å². The number of carboxylic acids is 1. The van der Waals surface area contributed by atoms with Crippen molar-refractivity contribution < 1.29 is 14.7 Å². The van der Waals surface area contributed by atoms with Crippen LogP contribution in [0.1, 0.15) is 29.6 Å². The van der Waals surface area contributed by atoms with Crippen molar-refractivity contribution in [3.63, 3.8) is 0 Å². The fraction of sp³-hybridized carbons (Fsp3) is 0.462. The Morgan fingerprint density at radius 3 is 2.95 bits per heavy atom. The topological polar surface area (TPSA) is 90.5 Å². The second-order valence-corrected chi connectivity index (χ2v) is 4.78. The van der Waals surface area contributed by atoms with Gasteiger partial charge < -0.3 is 15.0 Å². The summed E-state index contributed by atoms with van der Waals surface area (Å²) < 4.78 is 0. The van der Waals surface area contributed by atoms with Crippen LogP contribution in [0.5, 0.6) is 0 Å². The van der Waals surface area contributed by atoms with Crippen LogP contribution in [0, 0.1) is 5.92 Å². The van der Waals surface area contributed by atoms with E-state index in [1.54, 1.807) is 11.0 Å². The maximum absolute atomic E-state index is 12.1. The highest BCUT2D eigenvalue weighted by Gasteiger charge is 2.27. The van der Waals surface area contributed by atoms with Crippen LogP contribution in [0.25, 0.3) is 0 Å². The fourth-order valence-corrected chi connectivity index (χ4v) is 2.34. The van der Waals surface area contributed by atoms with Crippen LogP contribution in [-0.4, -0.2) is 40.0 Å². The molecule has 0 bridgehead atoms. The molecule has 0 radical (unpaired) electrons. The highest BCUT2D eigenvalue weighted by Crippen LogP contribution is 2.22. The highest BCUT2D eigenvalue weighted by molar-refractivity contribution is 5.94. The minimum Gasteiger partial charge on any atom is -0.481 e. The van der Waals surface area contributed by atoms with Crippen molar-refractivity contribution in [2.75, 3.05) is 13.1 Å². The summed E-state index contributed by atoms with van der Waals surface area (Å²) in [5.74, 6) is -0.731. The average Bonchev–Trinajstić information content (AvgIpc) is 2.84. The van der Waals surface area contributed by atoms with Crippen LogP contribution in [0.15, 0.2) is 23.1 Å². The van der Waals surface area contributed by atoms with Gasteiger partial charge in [-0.25, -0.2) is 0 Å². The van der Waals surface area contributed by atoms with Gasteiger partial charge in [0.15, 0.2) is 0 Å². The van der Waals surface area contributed by atoms with Crippen molar-refractivity contribution in [2.24, 2.45) is 5.92 Å². The van der Waals surface area contributed by atoms with E-state index in [4.69, 9.17) is 5.11 Å². The van der Waals surface area contributed by atoms with Gasteiger partial charge in [-0.2, -0.15) is 0 Å². The van der Waals surface area contributed by atoms with Crippen LogP contribution >= 0.6 is 0 Å². The molecular formula is C13H16N2O4. The number of H-pyrrole nitrogens is 1. The van der Waals surface area contributed by atoms with Crippen molar-refractivity contribution in [1.82, 2.24) is 9.88 Å². The summed E-state index contributed by atoms with van der Waals surface area (Å²) in [6, 6.07) is 2.86. The number of pyridine rings is 1. The number of rotatable bonds is 4. The first kappa shape index (κ1) is 13.3. The molecule has 1 unspecified atom stereocenters. The van der Waals surface area contributed by atoms with Crippen molar-refractivity contribution >= 4 is 11.9 Å². The summed E-state index contributed by atoms with van der Waals surface area (Å²) in [7, 11) is 0. The molecule has 1 aliphatic heterocycles. The minimum absolute atomic E-state index is 0.137. The standard InChI is InChI=1S/C13H16N2O4/c16-11-7-10(3-5-14-11)13(19)15-6-4-9(8-15)1-2-12(17)18/h3,5,7,9H,1-2,4,6,8H2,(H,14,16)(H,17,18). The molecule has 0 aliphatic carbocycles. The molecule has 1 atom stereocenters. The molecule has 1 aromatic rings. The molecule has 0 saturated carbocycles. The van der Waals surface area contributed by atoms with E-state index in [-0.39, 0.29) is 23.8 Å². The zero-order valence-electron chi connectivity index (χ0n) is 10.5. The summed E-state index contributed by atoms with van der Waals surface area (Å²) in [5, 5.41) is 8.64. The van der Waals surface area contributed by atoms with Crippen LogP contribution < -0.4 is 5.56 Å². The number of carbonyl (C=O) groups excluding carboxylic acids is 1. The summed E-state index contributed by atoms with van der Waals surface area (Å²) in [6.45, 7) is 1.19. The second-order valence-electron chi connectivity index (χ2n) is 4.78. The number of aromatic nitrogens is 1. The first-order valence-electron chi connectivity index (χ1n) is 6.26. The normalized spacial score (nSPS) is 18.5. The van der Waals surface area contributed by atoms with Gasteiger partial charge in [-0.1, -0.05) is 0 Å². The van der Waals surface area contributed by atoms with E-state index in [2.05, 4.69) is 4.98 Å². The summed E-state index contributed by atoms with van der Waals surface area (Å²) in [6.07, 6.45) is 3.00. The van der Waals surface area contributed by atoms with Gasteiger partial charge in [-0.15, -0.1) is 0 Å². The third-order valence-electron chi connectivity index (χ3n) is 3.36. The molecule has 102 valence electrons. The SMILES string of the molecule is O=C(O)CCC1CCN(C(=O)c2cc[nH]c(=O)c2)C1. The Hall–Kier alpha value is -2.11. The molecule has 1 saturated heterocycles. The van der Waals surface area contributed by atoms with Gasteiger partial charge in [-0.05, 0) is 24.8 Å². The van der Waals surface area contributed by atoms with E-state index < -0.39 is 5.97 Å². The summed E-state index contributed by atoms with van der Waals surface area (Å²) in [5.41, 5.74) is 0.0788. The molecule has 1 aromatic heterocycles. The summed E-state index contributed by atoms with van der Waals surface area (Å²) in [4.78, 5) is 38.0. The van der Waals surface area contributed by atoms with E-state index in [0.29, 0.717) is 25.1 Å². The maximum Gasteiger partial charge on any atom is 0.303 e. The fourth-order valence-electron chi connectivity index (χ4n) is 2.34. The zero-order chi connectivity index (χ0) is 13.8. The van der Waals surface area contributed by atoms with Gasteiger partial charge in [0.25, 0.3) is 5.91 Å². The lowest BCUT2D eigenvalue weighted by molar-refractivity contribution is -0.137. The third kappa shape index (κ3) is 3.43. The summed E-state index contributed by atoms with van der Waals surface area (Å²) >= 11 is 0. The molecule has 19 heavy (non-hydrogen) atoms. The number of nitrogens with zero attached hydrogens (tertiary/aromatic N) is 1. The number of carbonyl (C=O) groups is 2. The number of aromatic amines is 1. The Kier molecular flexibility index (Phi) is 3.99. The highest BCUT2D eigenvalue weighted by atomic mass is 16.4. The largest absolute Gasteiger partial charge is 0.481 e. The molecule has 0 spiro atoms. The molecule has 1 fully saturated rings. The predicted octanol–water partition coefficient (Wildman–Crippen LogP) is 0.702. The van der Waals surface area contributed by atoms with E-state index in [1.165, 1.54) is 12.3 Å². The lowest BCUT2D eigenvalue weighted by Gasteiger charge is -2.16. The van der Waals surface area contributed by atoms with Crippen LogP contribution in [0.4, 0.5) is 0 Å². The van der Waals surface area contributed by atoms with Crippen LogP contribution in [0.3, 0.4) is 0 Å². The van der Waals surface area contributed by atoms with Gasteiger partial charge >= 0.3 is 5.97 Å². The van der Waals surface area contributed by atoms with E-state index in [0.717, 1.165) is 6.42 Å². The van der Waals surface area contributed by atoms with Crippen molar-refractivity contribution in [3.8, 4) is 0 Å². The van der Waals surface area contributed by atoms with Gasteiger partial charge in [0.05, 0.1) is 0 Å². The number of nitrogens with one attached hydrogen (secondary N) is 1. The quantitative estimate of drug-likeness (QED) is 0.837. The molecule has 2 heterocycles. The predicted molar refractivity (Wildman–Crippen MR) is 67.9 cm³/mol. The molecule has 6 nitrogen and oxygen atoms in total. The first-order chi connectivity index (χ1) is 9.06. The van der Waals surface area contributed by atoms with Gasteiger partial charge in [0, 0.05) is 37.3 Å². The zero-order valence-corrected chi connectivity index (χ0v) is 10.5. The van der Waals surface area contributed by atoms with Gasteiger partial charge in [0.1, 0.15) is 0 Å². The molecule has 0 aromatic carbocycles. The molecule has 1 amide bonds. The van der Waals surface area contributed by atoms with Crippen molar-refractivity contribution in [3.05, 3.63) is 34.2 Å². The maximum atomic E-state index is 12.1. The number of hydrogen-bond donors (Lipinski definition) is 2. The number of carboxylic acid groups (broad SMARTS) is 1. The average molecular weight is 264 g/mol. The Morgan fingerprint density at radius 1 is 1.47 bits per heavy atom. The van der Waals surface area contributed by atoms with Gasteiger partial charge in [-0.3, -0.25) is 14.4 Å². The molecule has 6 heteroatoms. The lowest BCUT2D eigenvalue weighted by atomic mass is 10.0. The number of likely N-dealkylation sites (tertiary alicyclic amines) is 1. The van der Waals surface area contributed by atoms with Crippen molar-refractivity contribution in [2.45, 2.75) is 19.3 Å². The molecule has 1 aliphatic rings. The Morgan fingerprint density at radius 2 is 2.26 bits per heavy atom. The minimum atomic E-state index is -0.806. The first-order valence-corrected chi connectivity index (χ1v) is 6.26.